The third kappa shape index (κ3) is 2.84. The second kappa shape index (κ2) is 5.42. The third-order valence-corrected chi connectivity index (χ3v) is 3.81. The Balaban J connectivity index is 2.11. The average molecular weight is 305 g/mol. The normalized spacial score (nSPS) is 21.1. The van der Waals surface area contributed by atoms with Crippen LogP contribution in [0.2, 0.25) is 0 Å². The molecule has 0 bridgehead atoms. The zero-order chi connectivity index (χ0) is 12.4. The molecule has 1 atom stereocenters. The predicted molar refractivity (Wildman–Crippen MR) is 66.8 cm³/mol. The molecule has 1 aromatic carbocycles. The van der Waals surface area contributed by atoms with Crippen LogP contribution in [0, 0.1) is 11.6 Å². The van der Waals surface area contributed by atoms with Gasteiger partial charge >= 0.3 is 0 Å². The molecule has 0 spiro atoms. The number of likely N-dealkylation sites (N-methyl/N-ethyl adjacent to an activating group) is 1. The number of halogens is 3. The molecule has 2 nitrogen and oxygen atoms in total. The fourth-order valence-electron chi connectivity index (χ4n) is 2.15. The van der Waals surface area contributed by atoms with Crippen LogP contribution in [0.4, 0.5) is 8.78 Å². The predicted octanol–water partition coefficient (Wildman–Crippen LogP) is 2.52. The van der Waals surface area contributed by atoms with Crippen molar-refractivity contribution >= 4 is 15.9 Å². The molecule has 2 rings (SSSR count). The molecule has 0 aromatic heterocycles. The van der Waals surface area contributed by atoms with Gasteiger partial charge in [-0.3, -0.25) is 4.90 Å². The number of hydrogen-bond donors (Lipinski definition) is 1. The minimum Gasteiger partial charge on any atom is -0.316 e. The Bertz CT molecular complexity index is 412. The summed E-state index contributed by atoms with van der Waals surface area (Å²) in [4.78, 5) is 2.06. The SMILES string of the molecule is CNC1CCN(Cc2c(F)ccc(Br)c2F)C1. The van der Waals surface area contributed by atoms with Crippen LogP contribution in [0.5, 0.6) is 0 Å². The van der Waals surface area contributed by atoms with Gasteiger partial charge in [-0.25, -0.2) is 8.78 Å². The molecule has 1 heterocycles. The second-order valence-electron chi connectivity index (χ2n) is 4.33. The van der Waals surface area contributed by atoms with Crippen molar-refractivity contribution in [3.63, 3.8) is 0 Å². The summed E-state index contributed by atoms with van der Waals surface area (Å²) >= 11 is 3.08. The fourth-order valence-corrected chi connectivity index (χ4v) is 2.52. The Labute approximate surface area is 108 Å². The molecule has 1 fully saturated rings. The summed E-state index contributed by atoms with van der Waals surface area (Å²) in [6.45, 7) is 2.04. The van der Waals surface area contributed by atoms with Crippen LogP contribution in [-0.4, -0.2) is 31.1 Å². The first-order chi connectivity index (χ1) is 8.11. The molecule has 17 heavy (non-hydrogen) atoms. The summed E-state index contributed by atoms with van der Waals surface area (Å²) in [5.74, 6) is -0.962. The molecule has 0 saturated carbocycles. The van der Waals surface area contributed by atoms with Crippen LogP contribution in [0.15, 0.2) is 16.6 Å². The average Bonchev–Trinajstić information content (AvgIpc) is 2.77. The number of rotatable bonds is 3. The van der Waals surface area contributed by atoms with Gasteiger partial charge in [0.2, 0.25) is 0 Å². The lowest BCUT2D eigenvalue weighted by Gasteiger charge is -2.17. The Morgan fingerprint density at radius 2 is 2.24 bits per heavy atom. The number of likely N-dealkylation sites (tertiary alicyclic amines) is 1. The van der Waals surface area contributed by atoms with E-state index in [9.17, 15) is 8.78 Å². The monoisotopic (exact) mass is 304 g/mol. The fraction of sp³-hybridized carbons (Fsp3) is 0.500. The molecule has 1 saturated heterocycles. The Morgan fingerprint density at radius 3 is 2.88 bits per heavy atom. The van der Waals surface area contributed by atoms with Crippen LogP contribution in [0.1, 0.15) is 12.0 Å². The van der Waals surface area contributed by atoms with Crippen LogP contribution in [0.25, 0.3) is 0 Å². The zero-order valence-electron chi connectivity index (χ0n) is 9.64. The molecule has 1 N–H and O–H groups in total. The highest BCUT2D eigenvalue weighted by molar-refractivity contribution is 9.10. The van der Waals surface area contributed by atoms with Gasteiger partial charge < -0.3 is 5.32 Å². The van der Waals surface area contributed by atoms with Crippen molar-refractivity contribution in [2.75, 3.05) is 20.1 Å². The summed E-state index contributed by atoms with van der Waals surface area (Å²) < 4.78 is 27.6. The Hall–Kier alpha value is -0.520. The summed E-state index contributed by atoms with van der Waals surface area (Å²) in [5, 5.41) is 3.18. The van der Waals surface area contributed by atoms with E-state index in [2.05, 4.69) is 26.1 Å². The number of hydrogen-bond acceptors (Lipinski definition) is 2. The highest BCUT2D eigenvalue weighted by Crippen LogP contribution is 2.24. The molecule has 0 aliphatic carbocycles. The molecule has 94 valence electrons. The molecule has 0 amide bonds. The second-order valence-corrected chi connectivity index (χ2v) is 5.19. The van der Waals surface area contributed by atoms with Crippen molar-refractivity contribution < 1.29 is 8.78 Å². The van der Waals surface area contributed by atoms with E-state index in [0.29, 0.717) is 17.1 Å². The Kier molecular flexibility index (Phi) is 4.12. The first-order valence-electron chi connectivity index (χ1n) is 5.64. The van der Waals surface area contributed by atoms with Gasteiger partial charge in [-0.2, -0.15) is 0 Å². The summed E-state index contributed by atoms with van der Waals surface area (Å²) in [6, 6.07) is 3.12. The third-order valence-electron chi connectivity index (χ3n) is 3.20. The minimum absolute atomic E-state index is 0.149. The highest BCUT2D eigenvalue weighted by atomic mass is 79.9. The largest absolute Gasteiger partial charge is 0.316 e. The highest BCUT2D eigenvalue weighted by Gasteiger charge is 2.23. The molecule has 0 radical (unpaired) electrons. The lowest BCUT2D eigenvalue weighted by molar-refractivity contribution is 0.310. The van der Waals surface area contributed by atoms with Gasteiger partial charge in [-0.05, 0) is 41.5 Å². The van der Waals surface area contributed by atoms with E-state index in [-0.39, 0.29) is 5.56 Å². The van der Waals surface area contributed by atoms with E-state index >= 15 is 0 Å². The van der Waals surface area contributed by atoms with Crippen molar-refractivity contribution in [2.24, 2.45) is 0 Å². The van der Waals surface area contributed by atoms with Gasteiger partial charge in [0.25, 0.3) is 0 Å². The van der Waals surface area contributed by atoms with Crippen molar-refractivity contribution in [3.8, 4) is 0 Å². The van der Waals surface area contributed by atoms with Crippen LogP contribution in [-0.2, 0) is 6.54 Å². The topological polar surface area (TPSA) is 15.3 Å². The van der Waals surface area contributed by atoms with Crippen molar-refractivity contribution in [2.45, 2.75) is 19.0 Å². The van der Waals surface area contributed by atoms with Gasteiger partial charge in [-0.1, -0.05) is 0 Å². The van der Waals surface area contributed by atoms with Crippen molar-refractivity contribution in [3.05, 3.63) is 33.8 Å². The maximum absolute atomic E-state index is 13.8. The van der Waals surface area contributed by atoms with E-state index in [1.54, 1.807) is 0 Å². The van der Waals surface area contributed by atoms with E-state index < -0.39 is 11.6 Å². The quantitative estimate of drug-likeness (QED) is 0.863. The summed E-state index contributed by atoms with van der Waals surface area (Å²) in [7, 11) is 1.91. The molecule has 5 heteroatoms. The Morgan fingerprint density at radius 1 is 1.47 bits per heavy atom. The van der Waals surface area contributed by atoms with Gasteiger partial charge in [0, 0.05) is 31.2 Å². The molecular formula is C12H15BrF2N2. The van der Waals surface area contributed by atoms with Crippen LogP contribution in [0.3, 0.4) is 0 Å². The molecule has 1 aromatic rings. The van der Waals surface area contributed by atoms with E-state index in [1.165, 1.54) is 12.1 Å². The number of nitrogens with zero attached hydrogens (tertiary/aromatic N) is 1. The van der Waals surface area contributed by atoms with Crippen LogP contribution < -0.4 is 5.32 Å². The van der Waals surface area contributed by atoms with Gasteiger partial charge in [-0.15, -0.1) is 0 Å². The van der Waals surface area contributed by atoms with Crippen molar-refractivity contribution in [1.29, 1.82) is 0 Å². The van der Waals surface area contributed by atoms with Gasteiger partial charge in [0.05, 0.1) is 4.47 Å². The van der Waals surface area contributed by atoms with E-state index in [4.69, 9.17) is 0 Å². The molecular weight excluding hydrogens is 290 g/mol. The minimum atomic E-state index is -0.488. The van der Waals surface area contributed by atoms with Crippen molar-refractivity contribution in [1.82, 2.24) is 10.2 Å². The first kappa shape index (κ1) is 12.9. The number of benzene rings is 1. The van der Waals surface area contributed by atoms with Gasteiger partial charge in [0.1, 0.15) is 11.6 Å². The maximum atomic E-state index is 13.8. The zero-order valence-corrected chi connectivity index (χ0v) is 11.2. The number of nitrogens with one attached hydrogen (secondary N) is 1. The summed E-state index contributed by atoms with van der Waals surface area (Å²) in [5.41, 5.74) is 0.149. The van der Waals surface area contributed by atoms with E-state index in [0.717, 1.165) is 19.5 Å². The van der Waals surface area contributed by atoms with E-state index in [1.807, 2.05) is 7.05 Å². The first-order valence-corrected chi connectivity index (χ1v) is 6.43. The van der Waals surface area contributed by atoms with Crippen LogP contribution >= 0.6 is 15.9 Å². The maximum Gasteiger partial charge on any atom is 0.144 e. The molecule has 1 aliphatic rings. The lowest BCUT2D eigenvalue weighted by Crippen LogP contribution is -2.29. The lowest BCUT2D eigenvalue weighted by atomic mass is 10.2. The standard InChI is InChI=1S/C12H15BrF2N2/c1-16-8-4-5-17(6-8)7-9-11(14)3-2-10(13)12(9)15/h2-3,8,16H,4-7H2,1H3. The smallest absolute Gasteiger partial charge is 0.144 e. The molecule has 1 aliphatic heterocycles. The summed E-state index contributed by atoms with van der Waals surface area (Å²) in [6.07, 6.45) is 1.02. The van der Waals surface area contributed by atoms with Gasteiger partial charge in [0.15, 0.2) is 0 Å². The molecule has 1 unspecified atom stereocenters.